The zero-order valence-corrected chi connectivity index (χ0v) is 11.4. The molecule has 0 spiro atoms. The van der Waals surface area contributed by atoms with Crippen LogP contribution in [0.3, 0.4) is 0 Å². The van der Waals surface area contributed by atoms with E-state index in [0.717, 1.165) is 0 Å². The van der Waals surface area contributed by atoms with E-state index in [1.54, 1.807) is 6.92 Å². The molecule has 6 nitrogen and oxygen atoms in total. The fourth-order valence-corrected chi connectivity index (χ4v) is 1.93. The van der Waals surface area contributed by atoms with Crippen molar-refractivity contribution < 1.29 is 14.7 Å². The molecule has 0 aliphatic carbocycles. The minimum atomic E-state index is -0.528. The highest BCUT2D eigenvalue weighted by Gasteiger charge is 2.21. The Morgan fingerprint density at radius 3 is 2.35 bits per heavy atom. The smallest absolute Gasteiger partial charge is 0.321 e. The molecule has 0 saturated heterocycles. The predicted octanol–water partition coefficient (Wildman–Crippen LogP) is -0.467. The molecule has 3 amide bonds. The molecule has 0 fully saturated rings. The first-order chi connectivity index (χ1) is 7.96. The van der Waals surface area contributed by atoms with Crippen LogP contribution in [0.5, 0.6) is 0 Å². The Balaban J connectivity index is 4.19. The number of aliphatic hydroxyl groups is 1. The highest BCUT2D eigenvalue weighted by Crippen LogP contribution is 2.10. The Bertz CT molecular complexity index is 259. The number of thioether (sulfide) groups is 1. The third kappa shape index (κ3) is 5.90. The van der Waals surface area contributed by atoms with E-state index in [2.05, 4.69) is 16.0 Å². The Kier molecular flexibility index (Phi) is 7.94. The Hall–Kier alpha value is -0.790. The quantitative estimate of drug-likeness (QED) is 0.520. The second-order valence-electron chi connectivity index (χ2n) is 3.70. The molecule has 3 unspecified atom stereocenters. The van der Waals surface area contributed by atoms with Crippen molar-refractivity contribution in [3.63, 3.8) is 0 Å². The predicted molar refractivity (Wildman–Crippen MR) is 69.0 cm³/mol. The average Bonchev–Trinajstić information content (AvgIpc) is 2.30. The summed E-state index contributed by atoms with van der Waals surface area (Å²) in [6, 6.07) is -1.05. The maximum absolute atomic E-state index is 11.5. The largest absolute Gasteiger partial charge is 0.395 e. The van der Waals surface area contributed by atoms with Crippen LogP contribution in [0.15, 0.2) is 0 Å². The molecule has 3 atom stereocenters. The summed E-state index contributed by atoms with van der Waals surface area (Å²) in [4.78, 5) is 22.5. The van der Waals surface area contributed by atoms with Gasteiger partial charge in [0.05, 0.1) is 12.6 Å². The number of carbonyl (C=O) groups is 2. The van der Waals surface area contributed by atoms with Gasteiger partial charge in [0.15, 0.2) is 0 Å². The molecule has 4 N–H and O–H groups in total. The number of carbonyl (C=O) groups excluding carboxylic acids is 2. The first-order valence-electron chi connectivity index (χ1n) is 5.38. The summed E-state index contributed by atoms with van der Waals surface area (Å²) in [6.07, 6.45) is 1.90. The number of urea groups is 1. The highest BCUT2D eigenvalue weighted by atomic mass is 32.2. The SMILES string of the molecule is CNC(=O)NC(=O)C(C)NC(C)C(CO)SC. The molecule has 0 saturated carbocycles. The number of imide groups is 1. The molecule has 0 aliphatic heterocycles. The summed E-state index contributed by atoms with van der Waals surface area (Å²) < 4.78 is 0. The second-order valence-corrected chi connectivity index (χ2v) is 4.78. The first-order valence-corrected chi connectivity index (χ1v) is 6.67. The summed E-state index contributed by atoms with van der Waals surface area (Å²) in [7, 11) is 1.44. The van der Waals surface area contributed by atoms with Gasteiger partial charge >= 0.3 is 6.03 Å². The third-order valence-corrected chi connectivity index (χ3v) is 3.57. The van der Waals surface area contributed by atoms with Gasteiger partial charge in [-0.05, 0) is 20.1 Å². The fourth-order valence-electron chi connectivity index (χ4n) is 1.30. The molecule has 0 radical (unpaired) electrons. The number of hydrogen-bond donors (Lipinski definition) is 4. The van der Waals surface area contributed by atoms with Gasteiger partial charge in [0.2, 0.25) is 5.91 Å². The van der Waals surface area contributed by atoms with Crippen molar-refractivity contribution in [1.82, 2.24) is 16.0 Å². The average molecular weight is 263 g/mol. The van der Waals surface area contributed by atoms with Gasteiger partial charge in [-0.2, -0.15) is 11.8 Å². The molecule has 0 heterocycles. The minimum Gasteiger partial charge on any atom is -0.395 e. The summed E-state index contributed by atoms with van der Waals surface area (Å²) in [5.74, 6) is -0.394. The van der Waals surface area contributed by atoms with Crippen LogP contribution in [-0.2, 0) is 4.79 Å². The van der Waals surface area contributed by atoms with E-state index in [0.29, 0.717) is 0 Å². The van der Waals surface area contributed by atoms with E-state index < -0.39 is 18.0 Å². The number of rotatable bonds is 6. The van der Waals surface area contributed by atoms with Crippen molar-refractivity contribution in [3.8, 4) is 0 Å². The van der Waals surface area contributed by atoms with E-state index in [1.807, 2.05) is 13.2 Å². The topological polar surface area (TPSA) is 90.5 Å². The molecule has 17 heavy (non-hydrogen) atoms. The number of nitrogens with one attached hydrogen (secondary N) is 3. The molecular formula is C10H21N3O3S. The van der Waals surface area contributed by atoms with E-state index in [-0.39, 0.29) is 17.9 Å². The van der Waals surface area contributed by atoms with Crippen LogP contribution in [0.4, 0.5) is 4.79 Å². The van der Waals surface area contributed by atoms with Crippen molar-refractivity contribution in [2.24, 2.45) is 0 Å². The first kappa shape index (κ1) is 16.2. The molecule has 7 heteroatoms. The Labute approximate surface area is 106 Å². The third-order valence-electron chi connectivity index (χ3n) is 2.41. The van der Waals surface area contributed by atoms with Gasteiger partial charge < -0.3 is 15.7 Å². The summed E-state index contributed by atoms with van der Waals surface area (Å²) in [6.45, 7) is 3.60. The van der Waals surface area contributed by atoms with Gasteiger partial charge in [-0.3, -0.25) is 10.1 Å². The van der Waals surface area contributed by atoms with Gasteiger partial charge in [-0.25, -0.2) is 4.79 Å². The number of aliphatic hydroxyl groups excluding tert-OH is 1. The van der Waals surface area contributed by atoms with Crippen molar-refractivity contribution >= 4 is 23.7 Å². The van der Waals surface area contributed by atoms with Crippen LogP contribution in [0.2, 0.25) is 0 Å². The lowest BCUT2D eigenvalue weighted by atomic mass is 10.2. The highest BCUT2D eigenvalue weighted by molar-refractivity contribution is 7.99. The Morgan fingerprint density at radius 1 is 1.35 bits per heavy atom. The lowest BCUT2D eigenvalue weighted by Gasteiger charge is -2.24. The lowest BCUT2D eigenvalue weighted by molar-refractivity contribution is -0.121. The van der Waals surface area contributed by atoms with Gasteiger partial charge in [0, 0.05) is 18.3 Å². The lowest BCUT2D eigenvalue weighted by Crippen LogP contribution is -2.51. The van der Waals surface area contributed by atoms with Gasteiger partial charge in [-0.15, -0.1) is 0 Å². The molecule has 0 aromatic carbocycles. The van der Waals surface area contributed by atoms with E-state index in [4.69, 9.17) is 5.11 Å². The maximum Gasteiger partial charge on any atom is 0.321 e. The molecule has 0 bridgehead atoms. The van der Waals surface area contributed by atoms with Crippen LogP contribution in [0.25, 0.3) is 0 Å². The molecular weight excluding hydrogens is 242 g/mol. The van der Waals surface area contributed by atoms with Crippen LogP contribution in [-0.4, -0.2) is 54.3 Å². The summed E-state index contributed by atoms with van der Waals surface area (Å²) in [5.41, 5.74) is 0. The van der Waals surface area contributed by atoms with E-state index >= 15 is 0 Å². The number of hydrogen-bond acceptors (Lipinski definition) is 5. The monoisotopic (exact) mass is 263 g/mol. The van der Waals surface area contributed by atoms with E-state index in [1.165, 1.54) is 18.8 Å². The van der Waals surface area contributed by atoms with Gasteiger partial charge in [0.25, 0.3) is 0 Å². The van der Waals surface area contributed by atoms with Crippen molar-refractivity contribution in [3.05, 3.63) is 0 Å². The normalized spacial score (nSPS) is 15.8. The standard InChI is InChI=1S/C10H21N3O3S/c1-6(8(5-14)17-4)12-7(2)9(15)13-10(16)11-3/h6-8,12,14H,5H2,1-4H3,(H2,11,13,15,16). The van der Waals surface area contributed by atoms with Crippen molar-refractivity contribution in [2.45, 2.75) is 31.2 Å². The maximum atomic E-state index is 11.5. The molecule has 0 aliphatic rings. The molecule has 100 valence electrons. The summed E-state index contributed by atoms with van der Waals surface area (Å²) >= 11 is 1.53. The fraction of sp³-hybridized carbons (Fsp3) is 0.800. The van der Waals surface area contributed by atoms with Crippen molar-refractivity contribution in [1.29, 1.82) is 0 Å². The summed E-state index contributed by atoms with van der Waals surface area (Å²) in [5, 5.41) is 16.7. The minimum absolute atomic E-state index is 0.0188. The van der Waals surface area contributed by atoms with Crippen molar-refractivity contribution in [2.75, 3.05) is 19.9 Å². The van der Waals surface area contributed by atoms with Gasteiger partial charge in [0.1, 0.15) is 0 Å². The zero-order chi connectivity index (χ0) is 13.4. The van der Waals surface area contributed by atoms with Gasteiger partial charge in [-0.1, -0.05) is 0 Å². The molecule has 0 aromatic rings. The van der Waals surface area contributed by atoms with Crippen LogP contribution < -0.4 is 16.0 Å². The molecule has 0 rings (SSSR count). The van der Waals surface area contributed by atoms with Crippen LogP contribution in [0, 0.1) is 0 Å². The molecule has 0 aromatic heterocycles. The number of amides is 3. The van der Waals surface area contributed by atoms with E-state index in [9.17, 15) is 9.59 Å². The zero-order valence-electron chi connectivity index (χ0n) is 10.6. The van der Waals surface area contributed by atoms with Crippen LogP contribution in [0.1, 0.15) is 13.8 Å². The second kappa shape index (κ2) is 8.32. The van der Waals surface area contributed by atoms with Crippen LogP contribution >= 0.6 is 11.8 Å². The Morgan fingerprint density at radius 2 is 1.94 bits per heavy atom.